The molecule has 0 unspecified atom stereocenters. The van der Waals surface area contributed by atoms with Gasteiger partial charge in [-0.05, 0) is 18.9 Å². The fourth-order valence-corrected chi connectivity index (χ4v) is 6.36. The van der Waals surface area contributed by atoms with Crippen molar-refractivity contribution < 1.29 is 47.6 Å². The van der Waals surface area contributed by atoms with Gasteiger partial charge >= 0.3 is 29.9 Å². The number of esters is 4. The Kier molecular flexibility index (Phi) is 23.8. The first-order valence-corrected chi connectivity index (χ1v) is 19.9. The van der Waals surface area contributed by atoms with Gasteiger partial charge in [-0.1, -0.05) is 117 Å². The molecule has 0 saturated carbocycles. The van der Waals surface area contributed by atoms with Crippen molar-refractivity contribution in [1.29, 1.82) is 5.41 Å². The first-order chi connectivity index (χ1) is 25.3. The summed E-state index contributed by atoms with van der Waals surface area (Å²) in [6.07, 6.45) is 18.5. The first kappa shape index (κ1) is 46.0. The molecule has 0 bridgehead atoms. The van der Waals surface area contributed by atoms with E-state index in [4.69, 9.17) is 33.8 Å². The highest BCUT2D eigenvalue weighted by molar-refractivity contribution is 5.85. The predicted molar refractivity (Wildman–Crippen MR) is 199 cm³/mol. The molecular formula is C39H64ClN3O10. The van der Waals surface area contributed by atoms with Crippen LogP contribution >= 0.6 is 12.4 Å². The van der Waals surface area contributed by atoms with Gasteiger partial charge in [0.1, 0.15) is 12.7 Å². The monoisotopic (exact) mass is 769 g/mol. The third-order valence-corrected chi connectivity index (χ3v) is 9.40. The maximum absolute atomic E-state index is 12.9. The summed E-state index contributed by atoms with van der Waals surface area (Å²) in [7, 11) is 0. The van der Waals surface area contributed by atoms with Crippen LogP contribution in [0.1, 0.15) is 161 Å². The van der Waals surface area contributed by atoms with E-state index in [1.807, 2.05) is 0 Å². The van der Waals surface area contributed by atoms with E-state index in [0.717, 1.165) is 38.5 Å². The van der Waals surface area contributed by atoms with Gasteiger partial charge in [0.2, 0.25) is 0 Å². The van der Waals surface area contributed by atoms with Crippen molar-refractivity contribution in [2.24, 2.45) is 0 Å². The summed E-state index contributed by atoms with van der Waals surface area (Å²) in [5.74, 6) is -2.19. The molecule has 1 aromatic heterocycles. The molecule has 302 valence electrons. The lowest BCUT2D eigenvalue weighted by Gasteiger charge is -2.22. The van der Waals surface area contributed by atoms with E-state index in [2.05, 4.69) is 18.8 Å². The lowest BCUT2D eigenvalue weighted by Crippen LogP contribution is -2.40. The molecule has 1 saturated heterocycles. The van der Waals surface area contributed by atoms with Crippen molar-refractivity contribution in [3.8, 4) is 6.01 Å². The van der Waals surface area contributed by atoms with Crippen LogP contribution in [0.2, 0.25) is 0 Å². The minimum absolute atomic E-state index is 0. The van der Waals surface area contributed by atoms with Crippen molar-refractivity contribution >= 4 is 36.3 Å². The smallest absolute Gasteiger partial charge is 0.306 e. The van der Waals surface area contributed by atoms with E-state index in [0.29, 0.717) is 13.2 Å². The Bertz CT molecular complexity index is 1280. The van der Waals surface area contributed by atoms with E-state index < -0.39 is 48.4 Å². The maximum atomic E-state index is 12.9. The van der Waals surface area contributed by atoms with E-state index in [1.165, 1.54) is 83.1 Å². The number of hydrogen-bond donors (Lipinski definition) is 1. The molecule has 2 aliphatic rings. The third-order valence-electron chi connectivity index (χ3n) is 9.40. The first-order valence-electron chi connectivity index (χ1n) is 19.9. The zero-order chi connectivity index (χ0) is 37.4. The van der Waals surface area contributed by atoms with Crippen molar-refractivity contribution in [1.82, 2.24) is 9.55 Å². The molecule has 0 aromatic carbocycles. The molecule has 2 aliphatic heterocycles. The zero-order valence-electron chi connectivity index (χ0n) is 32.0. The van der Waals surface area contributed by atoms with Gasteiger partial charge in [0.05, 0.1) is 38.9 Å². The normalized spacial score (nSPS) is 18.3. The molecule has 1 N–H and O–H groups in total. The van der Waals surface area contributed by atoms with Crippen LogP contribution in [0.25, 0.3) is 0 Å². The summed E-state index contributed by atoms with van der Waals surface area (Å²) in [4.78, 5) is 53.9. The van der Waals surface area contributed by atoms with Crippen molar-refractivity contribution in [2.45, 2.75) is 180 Å². The molecule has 0 radical (unpaired) electrons. The van der Waals surface area contributed by atoms with E-state index in [-0.39, 0.29) is 56.2 Å². The van der Waals surface area contributed by atoms with Crippen LogP contribution in [0.3, 0.4) is 0 Å². The average Bonchev–Trinajstić information content (AvgIpc) is 3.65. The Morgan fingerprint density at radius 3 is 1.64 bits per heavy atom. The SMILES string of the molecule is CCCCCCCCCCCOC(=O)CCC(=O)OC[C@H]1O[C@@H]2[C@H](Oc3nc(=N)ccn32)[C@@H]1OC(=O)CCC(=O)OCCCCCCCCCCC.Cl. The Balaban J connectivity index is 0.00000972. The number of rotatable bonds is 29. The largest absolute Gasteiger partial charge is 0.466 e. The zero-order valence-corrected chi connectivity index (χ0v) is 32.8. The van der Waals surface area contributed by atoms with Crippen molar-refractivity contribution in [2.75, 3.05) is 19.8 Å². The van der Waals surface area contributed by atoms with E-state index in [9.17, 15) is 19.2 Å². The van der Waals surface area contributed by atoms with Crippen LogP contribution < -0.4 is 10.2 Å². The van der Waals surface area contributed by atoms with Gasteiger partial charge in [-0.15, -0.1) is 12.4 Å². The van der Waals surface area contributed by atoms with E-state index >= 15 is 0 Å². The number of nitrogens with one attached hydrogen (secondary N) is 1. The van der Waals surface area contributed by atoms with Crippen LogP contribution in [-0.4, -0.2) is 71.6 Å². The highest BCUT2D eigenvalue weighted by Crippen LogP contribution is 2.40. The number of carbonyl (C=O) groups is 4. The molecule has 53 heavy (non-hydrogen) atoms. The van der Waals surface area contributed by atoms with Crippen LogP contribution in [0.15, 0.2) is 12.3 Å². The van der Waals surface area contributed by atoms with Crippen LogP contribution in [0, 0.1) is 5.41 Å². The predicted octanol–water partition coefficient (Wildman–Crippen LogP) is 7.61. The van der Waals surface area contributed by atoms with Crippen LogP contribution in [0.4, 0.5) is 0 Å². The molecule has 14 heteroatoms. The van der Waals surface area contributed by atoms with Crippen LogP contribution in [0.5, 0.6) is 6.01 Å². The second-order valence-corrected chi connectivity index (χ2v) is 13.9. The van der Waals surface area contributed by atoms with E-state index in [1.54, 1.807) is 10.8 Å². The van der Waals surface area contributed by atoms with Gasteiger partial charge < -0.3 is 28.4 Å². The number of aromatic nitrogens is 2. The lowest BCUT2D eigenvalue weighted by atomic mass is 10.1. The van der Waals surface area contributed by atoms with Gasteiger partial charge in [-0.25, -0.2) is 0 Å². The van der Waals surface area contributed by atoms with Gasteiger partial charge in [0.15, 0.2) is 23.9 Å². The highest BCUT2D eigenvalue weighted by Gasteiger charge is 2.54. The summed E-state index contributed by atoms with van der Waals surface area (Å²) in [5.41, 5.74) is -0.00198. The maximum Gasteiger partial charge on any atom is 0.306 e. The highest BCUT2D eigenvalue weighted by atomic mass is 35.5. The number of halogens is 1. The minimum Gasteiger partial charge on any atom is -0.466 e. The topological polar surface area (TPSA) is 165 Å². The Morgan fingerprint density at radius 1 is 0.679 bits per heavy atom. The molecule has 0 aliphatic carbocycles. The summed E-state index contributed by atoms with van der Waals surface area (Å²) >= 11 is 0. The fraction of sp³-hybridized carbons (Fsp3) is 0.795. The summed E-state index contributed by atoms with van der Waals surface area (Å²) in [5, 5.41) is 7.80. The molecular weight excluding hydrogens is 706 g/mol. The van der Waals surface area contributed by atoms with Crippen molar-refractivity contribution in [3.05, 3.63) is 17.8 Å². The summed E-state index contributed by atoms with van der Waals surface area (Å²) in [6.45, 7) is 4.83. The second kappa shape index (κ2) is 27.4. The molecule has 0 amide bonds. The van der Waals surface area contributed by atoms with Gasteiger partial charge in [-0.3, -0.25) is 29.2 Å². The third kappa shape index (κ3) is 18.1. The molecule has 1 aromatic rings. The Morgan fingerprint density at radius 2 is 1.13 bits per heavy atom. The standard InChI is InChI=1S/C39H63N3O10.ClH/c1-3-5-7-9-11-13-15-17-19-27-47-32(43)21-22-34(45)49-29-30-36(37-38(50-30)42-26-25-31(40)41-39(42)52-37)51-35(46)24-23-33(44)48-28-20-18-16-14-12-10-8-6-4-2;/h25-26,30,36-38,40H,3-24,27-29H2,1-2H3;1H/t30-,36-,37-,38-;/m1./s1. The Hall–Kier alpha value is -3.19. The quantitative estimate of drug-likeness (QED) is 0.0484. The molecule has 3 rings (SSSR count). The van der Waals surface area contributed by atoms with Gasteiger partial charge in [-0.2, -0.15) is 4.98 Å². The number of nitrogens with zero attached hydrogens (tertiary/aromatic N) is 2. The summed E-state index contributed by atoms with van der Waals surface area (Å²) in [6, 6.07) is 1.61. The minimum atomic E-state index is -0.986. The van der Waals surface area contributed by atoms with Gasteiger partial charge in [0, 0.05) is 6.20 Å². The molecule has 4 atom stereocenters. The fourth-order valence-electron chi connectivity index (χ4n) is 6.36. The molecule has 3 heterocycles. The Labute approximate surface area is 321 Å². The number of hydrogen-bond acceptors (Lipinski definition) is 12. The van der Waals surface area contributed by atoms with Crippen LogP contribution in [-0.2, 0) is 42.9 Å². The summed E-state index contributed by atoms with van der Waals surface area (Å²) < 4.78 is 35.3. The molecule has 0 spiro atoms. The number of carbonyl (C=O) groups excluding carboxylic acids is 4. The second-order valence-electron chi connectivity index (χ2n) is 13.9. The number of unbranched alkanes of at least 4 members (excludes halogenated alkanes) is 16. The molecule has 1 fully saturated rings. The molecule has 13 nitrogen and oxygen atoms in total. The van der Waals surface area contributed by atoms with Gasteiger partial charge in [0.25, 0.3) is 0 Å². The number of fused-ring (bicyclic) bond motifs is 3. The van der Waals surface area contributed by atoms with Crippen molar-refractivity contribution in [3.63, 3.8) is 0 Å². The lowest BCUT2D eigenvalue weighted by molar-refractivity contribution is -0.163. The number of ether oxygens (including phenoxy) is 6. The average molecular weight is 770 g/mol.